The predicted octanol–water partition coefficient (Wildman–Crippen LogP) is 2.11. The smallest absolute Gasteiger partial charge is 0.313 e. The third-order valence-corrected chi connectivity index (χ3v) is 4.04. The number of carbonyl (C=O) groups excluding carboxylic acids is 2. The van der Waals surface area contributed by atoms with E-state index in [0.717, 1.165) is 17.0 Å². The highest BCUT2D eigenvalue weighted by molar-refractivity contribution is 6.39. The van der Waals surface area contributed by atoms with Crippen molar-refractivity contribution in [3.63, 3.8) is 0 Å². The van der Waals surface area contributed by atoms with Crippen LogP contribution in [0.5, 0.6) is 0 Å². The first kappa shape index (κ1) is 17.6. The van der Waals surface area contributed by atoms with Gasteiger partial charge in [-0.05, 0) is 47.3 Å². The van der Waals surface area contributed by atoms with Gasteiger partial charge in [-0.3, -0.25) is 9.59 Å². The molecule has 0 saturated heterocycles. The molecule has 0 bridgehead atoms. The molecule has 0 aliphatic rings. The van der Waals surface area contributed by atoms with Gasteiger partial charge in [-0.15, -0.1) is 0 Å². The molecule has 7 heteroatoms. The van der Waals surface area contributed by atoms with E-state index >= 15 is 0 Å². The third-order valence-electron chi connectivity index (χ3n) is 4.04. The van der Waals surface area contributed by atoms with E-state index in [4.69, 9.17) is 0 Å². The minimum Gasteiger partial charge on any atom is -0.387 e. The maximum Gasteiger partial charge on any atom is 0.313 e. The lowest BCUT2D eigenvalue weighted by Gasteiger charge is -2.13. The Bertz CT molecular complexity index is 968. The number of nitrogens with one attached hydrogen (secondary N) is 2. The van der Waals surface area contributed by atoms with E-state index in [1.807, 2.05) is 36.0 Å². The second kappa shape index (κ2) is 7.37. The molecule has 0 radical (unpaired) electrons. The van der Waals surface area contributed by atoms with Gasteiger partial charge < -0.3 is 20.3 Å². The van der Waals surface area contributed by atoms with E-state index in [0.29, 0.717) is 5.56 Å². The van der Waals surface area contributed by atoms with Crippen LogP contribution in [0, 0.1) is 5.82 Å². The summed E-state index contributed by atoms with van der Waals surface area (Å²) in [6.07, 6.45) is 0.963. The van der Waals surface area contributed by atoms with Crippen LogP contribution in [0.4, 0.5) is 10.1 Å². The van der Waals surface area contributed by atoms with E-state index < -0.39 is 23.7 Å². The molecule has 1 heterocycles. The molecule has 1 unspecified atom stereocenters. The fraction of sp³-hybridized carbons (Fsp3) is 0.158. The van der Waals surface area contributed by atoms with Crippen molar-refractivity contribution in [3.8, 4) is 0 Å². The van der Waals surface area contributed by atoms with Crippen LogP contribution in [0.25, 0.3) is 10.9 Å². The summed E-state index contributed by atoms with van der Waals surface area (Å²) < 4.78 is 15.0. The number of rotatable bonds is 4. The lowest BCUT2D eigenvalue weighted by Crippen LogP contribution is -2.37. The van der Waals surface area contributed by atoms with Crippen molar-refractivity contribution in [2.45, 2.75) is 6.10 Å². The van der Waals surface area contributed by atoms with Crippen molar-refractivity contribution < 1.29 is 19.1 Å². The number of fused-ring (bicyclic) bond motifs is 1. The number of carbonyl (C=O) groups is 2. The molecular weight excluding hydrogens is 337 g/mol. The van der Waals surface area contributed by atoms with Crippen LogP contribution in [-0.4, -0.2) is 28.0 Å². The zero-order chi connectivity index (χ0) is 18.7. The molecular formula is C19H18FN3O3. The number of aliphatic hydroxyl groups excluding tert-OH is 1. The van der Waals surface area contributed by atoms with E-state index in [1.54, 1.807) is 6.07 Å². The number of nitrogens with zero attached hydrogens (tertiary/aromatic N) is 1. The molecule has 0 aliphatic carbocycles. The number of aromatic nitrogens is 1. The molecule has 2 amide bonds. The summed E-state index contributed by atoms with van der Waals surface area (Å²) in [5.41, 5.74) is 1.84. The Morgan fingerprint density at radius 1 is 1.15 bits per heavy atom. The van der Waals surface area contributed by atoms with Gasteiger partial charge in [0.1, 0.15) is 5.82 Å². The lowest BCUT2D eigenvalue weighted by molar-refractivity contribution is -0.136. The molecule has 134 valence electrons. The van der Waals surface area contributed by atoms with E-state index in [9.17, 15) is 19.1 Å². The summed E-state index contributed by atoms with van der Waals surface area (Å²) in [7, 11) is 1.93. The molecule has 1 atom stereocenters. The number of amides is 2. The van der Waals surface area contributed by atoms with Gasteiger partial charge >= 0.3 is 11.8 Å². The number of aryl methyl sites for hydroxylation is 1. The van der Waals surface area contributed by atoms with Crippen molar-refractivity contribution in [1.82, 2.24) is 9.88 Å². The zero-order valence-corrected chi connectivity index (χ0v) is 14.1. The van der Waals surface area contributed by atoms with Gasteiger partial charge in [-0.25, -0.2) is 4.39 Å². The fourth-order valence-electron chi connectivity index (χ4n) is 2.65. The lowest BCUT2D eigenvalue weighted by atomic mass is 10.1. The van der Waals surface area contributed by atoms with Crippen LogP contribution >= 0.6 is 0 Å². The average molecular weight is 355 g/mol. The van der Waals surface area contributed by atoms with Gasteiger partial charge in [0.05, 0.1) is 6.10 Å². The van der Waals surface area contributed by atoms with Gasteiger partial charge in [0, 0.05) is 31.0 Å². The van der Waals surface area contributed by atoms with Crippen molar-refractivity contribution >= 4 is 28.4 Å². The van der Waals surface area contributed by atoms with E-state index in [-0.39, 0.29) is 12.2 Å². The van der Waals surface area contributed by atoms with Crippen LogP contribution in [0.3, 0.4) is 0 Å². The highest BCUT2D eigenvalue weighted by Gasteiger charge is 2.16. The molecule has 26 heavy (non-hydrogen) atoms. The maximum atomic E-state index is 13.1. The van der Waals surface area contributed by atoms with Crippen LogP contribution in [0.1, 0.15) is 11.7 Å². The van der Waals surface area contributed by atoms with Crippen molar-refractivity contribution in [2.24, 2.45) is 7.05 Å². The van der Waals surface area contributed by atoms with E-state index in [1.165, 1.54) is 18.2 Å². The van der Waals surface area contributed by atoms with Crippen molar-refractivity contribution in [2.75, 3.05) is 11.9 Å². The van der Waals surface area contributed by atoms with Crippen LogP contribution in [0.15, 0.2) is 54.7 Å². The van der Waals surface area contributed by atoms with Gasteiger partial charge in [0.15, 0.2) is 0 Å². The topological polar surface area (TPSA) is 83.4 Å². The monoisotopic (exact) mass is 355 g/mol. The first-order valence-corrected chi connectivity index (χ1v) is 8.02. The first-order valence-electron chi connectivity index (χ1n) is 8.02. The summed E-state index contributed by atoms with van der Waals surface area (Å²) in [5, 5.41) is 15.9. The summed E-state index contributed by atoms with van der Waals surface area (Å²) in [6, 6.07) is 12.6. The fourth-order valence-corrected chi connectivity index (χ4v) is 2.65. The summed E-state index contributed by atoms with van der Waals surface area (Å²) in [4.78, 5) is 23.7. The minimum atomic E-state index is -0.953. The zero-order valence-electron chi connectivity index (χ0n) is 14.1. The molecule has 0 saturated carbocycles. The molecule has 6 nitrogen and oxygen atoms in total. The Hall–Kier alpha value is -3.19. The van der Waals surface area contributed by atoms with Gasteiger partial charge in [0.25, 0.3) is 0 Å². The largest absolute Gasteiger partial charge is 0.387 e. The molecule has 3 N–H and O–H groups in total. The first-order chi connectivity index (χ1) is 12.4. The number of hydrogen-bond donors (Lipinski definition) is 3. The second-order valence-corrected chi connectivity index (χ2v) is 5.94. The Labute approximate surface area is 149 Å². The van der Waals surface area contributed by atoms with Gasteiger partial charge in [0.2, 0.25) is 0 Å². The Morgan fingerprint density at radius 3 is 2.73 bits per heavy atom. The van der Waals surface area contributed by atoms with Crippen LogP contribution in [0.2, 0.25) is 0 Å². The molecule has 3 aromatic rings. The number of anilines is 1. The minimum absolute atomic E-state index is 0.117. The van der Waals surface area contributed by atoms with Gasteiger partial charge in [-0.1, -0.05) is 12.1 Å². The Morgan fingerprint density at radius 2 is 1.96 bits per heavy atom. The van der Waals surface area contributed by atoms with Gasteiger partial charge in [-0.2, -0.15) is 0 Å². The molecule has 1 aromatic heterocycles. The quantitative estimate of drug-likeness (QED) is 0.627. The Kier molecular flexibility index (Phi) is 4.99. The summed E-state index contributed by atoms with van der Waals surface area (Å²) >= 11 is 0. The third kappa shape index (κ3) is 3.89. The van der Waals surface area contributed by atoms with Crippen molar-refractivity contribution in [3.05, 3.63) is 66.1 Å². The average Bonchev–Trinajstić information content (AvgIpc) is 2.99. The van der Waals surface area contributed by atoms with Crippen LogP contribution < -0.4 is 10.6 Å². The molecule has 3 rings (SSSR count). The number of benzene rings is 2. The molecule has 0 aliphatic heterocycles. The highest BCUT2D eigenvalue weighted by atomic mass is 19.1. The Balaban J connectivity index is 1.58. The van der Waals surface area contributed by atoms with E-state index in [2.05, 4.69) is 10.6 Å². The molecule has 0 spiro atoms. The molecule has 0 fully saturated rings. The maximum absolute atomic E-state index is 13.1. The summed E-state index contributed by atoms with van der Waals surface area (Å²) in [6.45, 7) is -0.117. The predicted molar refractivity (Wildman–Crippen MR) is 95.9 cm³/mol. The number of aliphatic hydroxyl groups is 1. The number of halogens is 1. The van der Waals surface area contributed by atoms with Crippen LogP contribution in [-0.2, 0) is 16.6 Å². The SMILES string of the molecule is Cn1ccc2cc(C(O)CNC(=O)C(=O)Nc3cccc(F)c3)ccc21. The van der Waals surface area contributed by atoms with Crippen molar-refractivity contribution in [1.29, 1.82) is 0 Å². The second-order valence-electron chi connectivity index (χ2n) is 5.94. The number of hydrogen-bond acceptors (Lipinski definition) is 3. The normalized spacial score (nSPS) is 12.0. The summed E-state index contributed by atoms with van der Waals surface area (Å²) in [5.74, 6) is -2.36. The molecule has 2 aromatic carbocycles. The standard InChI is InChI=1S/C19H18FN3O3/c1-23-8-7-12-9-13(5-6-16(12)23)17(24)11-21-18(25)19(26)22-15-4-2-3-14(20)10-15/h2-10,17,24H,11H2,1H3,(H,21,25)(H,22,26). The highest BCUT2D eigenvalue weighted by Crippen LogP contribution is 2.20.